The minimum Gasteiger partial charge on any atom is -0.351 e. The van der Waals surface area contributed by atoms with Crippen molar-refractivity contribution in [3.05, 3.63) is 35.9 Å². The molecule has 0 aromatic heterocycles. The first-order valence-corrected chi connectivity index (χ1v) is 6.21. The molecule has 1 fully saturated rings. The van der Waals surface area contributed by atoms with Crippen molar-refractivity contribution in [2.75, 3.05) is 13.1 Å². The third kappa shape index (κ3) is 3.72. The molecule has 1 aromatic rings. The number of amides is 2. The number of primary amides is 1. The predicted octanol–water partition coefficient (Wildman–Crippen LogP) is 1.25. The van der Waals surface area contributed by atoms with Crippen LogP contribution in [-0.4, -0.2) is 30.1 Å². The van der Waals surface area contributed by atoms with Gasteiger partial charge in [-0.3, -0.25) is 4.84 Å². The predicted molar refractivity (Wildman–Crippen MR) is 68.5 cm³/mol. The average Bonchev–Trinajstić information content (AvgIpc) is 2.40. The van der Waals surface area contributed by atoms with Gasteiger partial charge in [0.05, 0.1) is 6.61 Å². The third-order valence-corrected chi connectivity index (χ3v) is 3.14. The normalized spacial score (nSPS) is 16.8. The number of likely N-dealkylation sites (tertiary alicyclic amines) is 1. The maximum Gasteiger partial charge on any atom is 0.314 e. The van der Waals surface area contributed by atoms with Crippen molar-refractivity contribution in [2.24, 2.45) is 5.73 Å². The molecule has 1 aliphatic rings. The summed E-state index contributed by atoms with van der Waals surface area (Å²) in [5.74, 6) is 0. The molecule has 0 spiro atoms. The first-order chi connectivity index (χ1) is 8.75. The Labute approximate surface area is 107 Å². The lowest BCUT2D eigenvalue weighted by Crippen LogP contribution is -2.46. The van der Waals surface area contributed by atoms with E-state index >= 15 is 0 Å². The molecule has 0 atom stereocenters. The number of nitrogens with one attached hydrogen (secondary N) is 1. The molecule has 1 aliphatic heterocycles. The Hall–Kier alpha value is -1.59. The van der Waals surface area contributed by atoms with Gasteiger partial charge in [-0.25, -0.2) is 4.79 Å². The fraction of sp³-hybridized carbons (Fsp3) is 0.462. The second kappa shape index (κ2) is 6.37. The van der Waals surface area contributed by atoms with Crippen molar-refractivity contribution in [3.8, 4) is 0 Å². The number of carbonyl (C=O) groups is 1. The Morgan fingerprint density at radius 3 is 2.61 bits per heavy atom. The molecule has 0 unspecified atom stereocenters. The molecule has 0 bridgehead atoms. The van der Waals surface area contributed by atoms with Crippen LogP contribution in [0.3, 0.4) is 0 Å². The Balaban J connectivity index is 1.65. The van der Waals surface area contributed by atoms with Gasteiger partial charge in [0.15, 0.2) is 0 Å². The molecule has 98 valence electrons. The van der Waals surface area contributed by atoms with Gasteiger partial charge in [-0.15, -0.1) is 0 Å². The van der Waals surface area contributed by atoms with Crippen LogP contribution in [0, 0.1) is 0 Å². The molecule has 0 radical (unpaired) electrons. The first-order valence-electron chi connectivity index (χ1n) is 6.21. The summed E-state index contributed by atoms with van der Waals surface area (Å²) in [5, 5.41) is 0. The van der Waals surface area contributed by atoms with E-state index in [1.807, 2.05) is 30.3 Å². The van der Waals surface area contributed by atoms with E-state index < -0.39 is 0 Å². The van der Waals surface area contributed by atoms with E-state index in [0.29, 0.717) is 25.7 Å². The van der Waals surface area contributed by atoms with Gasteiger partial charge in [-0.2, -0.15) is 5.48 Å². The highest BCUT2D eigenvalue weighted by atomic mass is 16.6. The van der Waals surface area contributed by atoms with E-state index in [9.17, 15) is 4.79 Å². The summed E-state index contributed by atoms with van der Waals surface area (Å²) in [7, 11) is 0. The van der Waals surface area contributed by atoms with Crippen molar-refractivity contribution < 1.29 is 9.63 Å². The zero-order valence-corrected chi connectivity index (χ0v) is 10.3. The Morgan fingerprint density at radius 2 is 2.00 bits per heavy atom. The van der Waals surface area contributed by atoms with Gasteiger partial charge in [-0.05, 0) is 18.4 Å². The summed E-state index contributed by atoms with van der Waals surface area (Å²) in [4.78, 5) is 18.1. The topological polar surface area (TPSA) is 67.6 Å². The van der Waals surface area contributed by atoms with Gasteiger partial charge in [-0.1, -0.05) is 30.3 Å². The van der Waals surface area contributed by atoms with Crippen LogP contribution in [0.2, 0.25) is 0 Å². The van der Waals surface area contributed by atoms with Crippen LogP contribution in [0.25, 0.3) is 0 Å². The number of carbonyl (C=O) groups excluding carboxylic acids is 1. The zero-order chi connectivity index (χ0) is 12.8. The quantitative estimate of drug-likeness (QED) is 0.789. The number of rotatable bonds is 4. The minimum atomic E-state index is -0.335. The number of hydroxylamine groups is 1. The molecule has 5 nitrogen and oxygen atoms in total. The molecule has 2 amide bonds. The molecule has 3 N–H and O–H groups in total. The van der Waals surface area contributed by atoms with Crippen molar-refractivity contribution in [2.45, 2.75) is 25.5 Å². The standard InChI is InChI=1S/C13H19N3O2/c14-13(17)16-8-6-12(7-9-16)15-18-10-11-4-2-1-3-5-11/h1-5,12,15H,6-10H2,(H2,14,17). The number of piperidine rings is 1. The van der Waals surface area contributed by atoms with Gasteiger partial charge in [0, 0.05) is 19.1 Å². The fourth-order valence-corrected chi connectivity index (χ4v) is 2.03. The van der Waals surface area contributed by atoms with Gasteiger partial charge in [0.25, 0.3) is 0 Å². The fourth-order valence-electron chi connectivity index (χ4n) is 2.03. The molecule has 0 saturated carbocycles. The molecule has 1 aromatic carbocycles. The summed E-state index contributed by atoms with van der Waals surface area (Å²) >= 11 is 0. The van der Waals surface area contributed by atoms with E-state index in [-0.39, 0.29) is 6.03 Å². The van der Waals surface area contributed by atoms with E-state index in [0.717, 1.165) is 18.4 Å². The van der Waals surface area contributed by atoms with Gasteiger partial charge >= 0.3 is 6.03 Å². The largest absolute Gasteiger partial charge is 0.351 e. The molecule has 2 rings (SSSR count). The Bertz CT molecular complexity index is 375. The molecule has 0 aliphatic carbocycles. The lowest BCUT2D eigenvalue weighted by atomic mass is 10.1. The first kappa shape index (κ1) is 12.9. The Kier molecular flexibility index (Phi) is 4.55. The number of hydrogen-bond donors (Lipinski definition) is 2. The van der Waals surface area contributed by atoms with Crippen molar-refractivity contribution in [1.29, 1.82) is 0 Å². The maximum atomic E-state index is 11.0. The lowest BCUT2D eigenvalue weighted by Gasteiger charge is -2.30. The highest BCUT2D eigenvalue weighted by Gasteiger charge is 2.20. The van der Waals surface area contributed by atoms with Crippen molar-refractivity contribution >= 4 is 6.03 Å². The van der Waals surface area contributed by atoms with Crippen LogP contribution < -0.4 is 11.2 Å². The van der Waals surface area contributed by atoms with Gasteiger partial charge < -0.3 is 10.6 Å². The SMILES string of the molecule is NC(=O)N1CCC(NOCc2ccccc2)CC1. The van der Waals surface area contributed by atoms with Crippen LogP contribution in [0.1, 0.15) is 18.4 Å². The molecule has 1 heterocycles. The minimum absolute atomic E-state index is 0.296. The summed E-state index contributed by atoms with van der Waals surface area (Å²) in [5.41, 5.74) is 9.41. The lowest BCUT2D eigenvalue weighted by molar-refractivity contribution is -0.00873. The van der Waals surface area contributed by atoms with Crippen LogP contribution in [0.4, 0.5) is 4.79 Å². The highest BCUT2D eigenvalue weighted by molar-refractivity contribution is 5.72. The van der Waals surface area contributed by atoms with E-state index in [1.54, 1.807) is 4.90 Å². The molecule has 1 saturated heterocycles. The summed E-state index contributed by atoms with van der Waals surface area (Å²) in [6, 6.07) is 9.97. The van der Waals surface area contributed by atoms with E-state index in [1.165, 1.54) is 0 Å². The van der Waals surface area contributed by atoms with Gasteiger partial charge in [0.2, 0.25) is 0 Å². The molecule has 5 heteroatoms. The van der Waals surface area contributed by atoms with Crippen LogP contribution in [0.15, 0.2) is 30.3 Å². The molecular formula is C13H19N3O2. The maximum absolute atomic E-state index is 11.0. The Morgan fingerprint density at radius 1 is 1.33 bits per heavy atom. The number of nitrogens with zero attached hydrogens (tertiary/aromatic N) is 1. The molecule has 18 heavy (non-hydrogen) atoms. The van der Waals surface area contributed by atoms with Gasteiger partial charge in [0.1, 0.15) is 0 Å². The second-order valence-electron chi connectivity index (χ2n) is 4.49. The monoisotopic (exact) mass is 249 g/mol. The summed E-state index contributed by atoms with van der Waals surface area (Å²) in [6.45, 7) is 1.94. The van der Waals surface area contributed by atoms with E-state index in [4.69, 9.17) is 10.6 Å². The van der Waals surface area contributed by atoms with Crippen molar-refractivity contribution in [1.82, 2.24) is 10.4 Å². The van der Waals surface area contributed by atoms with Crippen molar-refractivity contribution in [3.63, 3.8) is 0 Å². The third-order valence-electron chi connectivity index (χ3n) is 3.14. The number of urea groups is 1. The summed E-state index contributed by atoms with van der Waals surface area (Å²) in [6.07, 6.45) is 1.75. The van der Waals surface area contributed by atoms with Crippen LogP contribution in [0.5, 0.6) is 0 Å². The molecular weight excluding hydrogens is 230 g/mol. The van der Waals surface area contributed by atoms with E-state index in [2.05, 4.69) is 5.48 Å². The highest BCUT2D eigenvalue weighted by Crippen LogP contribution is 2.10. The number of hydrogen-bond acceptors (Lipinski definition) is 3. The second-order valence-corrected chi connectivity index (χ2v) is 4.49. The van der Waals surface area contributed by atoms with Crippen LogP contribution in [-0.2, 0) is 11.4 Å². The zero-order valence-electron chi connectivity index (χ0n) is 10.3. The smallest absolute Gasteiger partial charge is 0.314 e. The average molecular weight is 249 g/mol. The summed E-state index contributed by atoms with van der Waals surface area (Å²) < 4.78 is 0. The van der Waals surface area contributed by atoms with Crippen LogP contribution >= 0.6 is 0 Å². The number of benzene rings is 1. The number of nitrogens with two attached hydrogens (primary N) is 1.